The molecule has 1 amide bonds. The van der Waals surface area contributed by atoms with Crippen LogP contribution >= 0.6 is 0 Å². The van der Waals surface area contributed by atoms with E-state index in [0.717, 1.165) is 24.4 Å². The molecule has 0 aliphatic carbocycles. The van der Waals surface area contributed by atoms with Gasteiger partial charge in [-0.05, 0) is 37.5 Å². The number of nitrogens with zero attached hydrogens (tertiary/aromatic N) is 2. The monoisotopic (exact) mass is 426 g/mol. The molecule has 0 saturated carbocycles. The number of carbonyl (C=O) groups excluding carboxylic acids is 1. The zero-order valence-corrected chi connectivity index (χ0v) is 19.3. The van der Waals surface area contributed by atoms with E-state index >= 15 is 0 Å². The normalized spacial score (nSPS) is 19.2. The average molecular weight is 427 g/mol. The van der Waals surface area contributed by atoms with E-state index in [-0.39, 0.29) is 35.5 Å². The van der Waals surface area contributed by atoms with Crippen LogP contribution in [0, 0.1) is 17.7 Å². The summed E-state index contributed by atoms with van der Waals surface area (Å²) in [4.78, 5) is 17.2. The van der Waals surface area contributed by atoms with Crippen molar-refractivity contribution < 1.29 is 13.9 Å². The van der Waals surface area contributed by atoms with Crippen LogP contribution in [0.4, 0.5) is 4.39 Å². The lowest BCUT2D eigenvalue weighted by Crippen LogP contribution is -2.43. The van der Waals surface area contributed by atoms with Crippen LogP contribution in [0.2, 0.25) is 0 Å². The molecule has 1 fully saturated rings. The molecule has 1 saturated heterocycles. The molecular formula is C26H35FN2O2. The van der Waals surface area contributed by atoms with Gasteiger partial charge in [0, 0.05) is 49.6 Å². The number of methoxy groups -OCH3 is 1. The van der Waals surface area contributed by atoms with E-state index in [0.29, 0.717) is 18.7 Å². The fourth-order valence-corrected chi connectivity index (χ4v) is 4.61. The third kappa shape index (κ3) is 5.45. The lowest BCUT2D eigenvalue weighted by molar-refractivity contribution is -0.136. The molecule has 1 heterocycles. The standard InChI is InChI=1S/C26H35FN2O2/c1-18(2)26(30)29(19(3)4)16-21-15-28(14-20-10-6-8-12-24(20)27)17-23(21)22-11-7-9-13-25(22)31-5/h6-13,18-19,21,23H,14-17H2,1-5H3. The van der Waals surface area contributed by atoms with Crippen molar-refractivity contribution in [2.24, 2.45) is 11.8 Å². The second kappa shape index (κ2) is 10.3. The molecule has 3 rings (SSSR count). The van der Waals surface area contributed by atoms with Crippen molar-refractivity contribution in [1.82, 2.24) is 9.80 Å². The van der Waals surface area contributed by atoms with E-state index in [9.17, 15) is 9.18 Å². The Bertz CT molecular complexity index is 883. The van der Waals surface area contributed by atoms with Crippen molar-refractivity contribution in [3.63, 3.8) is 0 Å². The molecule has 31 heavy (non-hydrogen) atoms. The first-order valence-electron chi connectivity index (χ1n) is 11.2. The number of hydrogen-bond donors (Lipinski definition) is 0. The van der Waals surface area contributed by atoms with Gasteiger partial charge in [-0.1, -0.05) is 50.2 Å². The largest absolute Gasteiger partial charge is 0.496 e. The summed E-state index contributed by atoms with van der Waals surface area (Å²) < 4.78 is 19.9. The fourth-order valence-electron chi connectivity index (χ4n) is 4.61. The first-order chi connectivity index (χ1) is 14.8. The summed E-state index contributed by atoms with van der Waals surface area (Å²) in [5, 5.41) is 0. The highest BCUT2D eigenvalue weighted by molar-refractivity contribution is 5.78. The lowest BCUT2D eigenvalue weighted by atomic mass is 9.87. The SMILES string of the molecule is COc1ccccc1C1CN(Cc2ccccc2F)CC1CN(C(=O)C(C)C)C(C)C. The fraction of sp³-hybridized carbons (Fsp3) is 0.500. The summed E-state index contributed by atoms with van der Waals surface area (Å²) in [6, 6.07) is 15.2. The molecule has 5 heteroatoms. The van der Waals surface area contributed by atoms with E-state index < -0.39 is 0 Å². The zero-order valence-electron chi connectivity index (χ0n) is 19.3. The third-order valence-electron chi connectivity index (χ3n) is 6.24. The molecule has 2 aromatic carbocycles. The van der Waals surface area contributed by atoms with Crippen LogP contribution in [0.3, 0.4) is 0 Å². The summed E-state index contributed by atoms with van der Waals surface area (Å²) in [7, 11) is 1.70. The maximum atomic E-state index is 14.3. The maximum Gasteiger partial charge on any atom is 0.225 e. The zero-order chi connectivity index (χ0) is 22.5. The Labute approximate surface area is 186 Å². The molecule has 1 aliphatic heterocycles. The van der Waals surface area contributed by atoms with Crippen LogP contribution in [-0.4, -0.2) is 48.5 Å². The van der Waals surface area contributed by atoms with E-state index in [1.54, 1.807) is 13.2 Å². The van der Waals surface area contributed by atoms with Gasteiger partial charge in [0.1, 0.15) is 11.6 Å². The Morgan fingerprint density at radius 1 is 1.10 bits per heavy atom. The molecule has 2 unspecified atom stereocenters. The molecule has 0 radical (unpaired) electrons. The number of carbonyl (C=O) groups is 1. The van der Waals surface area contributed by atoms with Gasteiger partial charge < -0.3 is 9.64 Å². The number of para-hydroxylation sites is 1. The summed E-state index contributed by atoms with van der Waals surface area (Å²) >= 11 is 0. The second-order valence-corrected chi connectivity index (χ2v) is 9.13. The summed E-state index contributed by atoms with van der Waals surface area (Å²) in [5.41, 5.74) is 1.87. The number of hydrogen-bond acceptors (Lipinski definition) is 3. The van der Waals surface area contributed by atoms with Crippen LogP contribution in [0.25, 0.3) is 0 Å². The quantitative estimate of drug-likeness (QED) is 0.599. The van der Waals surface area contributed by atoms with Crippen LogP contribution in [0.5, 0.6) is 5.75 Å². The Morgan fingerprint density at radius 3 is 2.42 bits per heavy atom. The van der Waals surface area contributed by atoms with Gasteiger partial charge in [0.15, 0.2) is 0 Å². The van der Waals surface area contributed by atoms with Gasteiger partial charge in [0.05, 0.1) is 7.11 Å². The van der Waals surface area contributed by atoms with Crippen molar-refractivity contribution in [2.75, 3.05) is 26.7 Å². The summed E-state index contributed by atoms with van der Waals surface area (Å²) in [5.74, 6) is 1.30. The number of likely N-dealkylation sites (tertiary alicyclic amines) is 1. The Kier molecular flexibility index (Phi) is 7.71. The first-order valence-corrected chi connectivity index (χ1v) is 11.2. The van der Waals surface area contributed by atoms with Gasteiger partial charge in [-0.2, -0.15) is 0 Å². The molecule has 0 bridgehead atoms. The molecule has 1 aliphatic rings. The Morgan fingerprint density at radius 2 is 1.77 bits per heavy atom. The Balaban J connectivity index is 1.89. The summed E-state index contributed by atoms with van der Waals surface area (Å²) in [6.07, 6.45) is 0. The molecule has 0 spiro atoms. The molecule has 2 atom stereocenters. The van der Waals surface area contributed by atoms with E-state index in [2.05, 4.69) is 24.8 Å². The number of halogens is 1. The predicted octanol–water partition coefficient (Wildman–Crippen LogP) is 4.94. The minimum atomic E-state index is -0.168. The topological polar surface area (TPSA) is 32.8 Å². The maximum absolute atomic E-state index is 14.3. The minimum Gasteiger partial charge on any atom is -0.496 e. The van der Waals surface area contributed by atoms with Crippen molar-refractivity contribution >= 4 is 5.91 Å². The molecule has 0 N–H and O–H groups in total. The minimum absolute atomic E-state index is 0.0389. The van der Waals surface area contributed by atoms with Gasteiger partial charge in [0.2, 0.25) is 5.91 Å². The number of amides is 1. The van der Waals surface area contributed by atoms with Crippen molar-refractivity contribution in [2.45, 2.75) is 46.2 Å². The summed E-state index contributed by atoms with van der Waals surface area (Å²) in [6.45, 7) is 10.9. The van der Waals surface area contributed by atoms with Crippen molar-refractivity contribution in [3.8, 4) is 5.75 Å². The van der Waals surface area contributed by atoms with Gasteiger partial charge in [-0.3, -0.25) is 9.69 Å². The van der Waals surface area contributed by atoms with Crippen molar-refractivity contribution in [1.29, 1.82) is 0 Å². The van der Waals surface area contributed by atoms with Gasteiger partial charge in [-0.25, -0.2) is 4.39 Å². The molecule has 168 valence electrons. The van der Waals surface area contributed by atoms with E-state index in [4.69, 9.17) is 4.74 Å². The second-order valence-electron chi connectivity index (χ2n) is 9.13. The van der Waals surface area contributed by atoms with E-state index in [1.165, 1.54) is 6.07 Å². The van der Waals surface area contributed by atoms with Gasteiger partial charge in [0.25, 0.3) is 0 Å². The van der Waals surface area contributed by atoms with Gasteiger partial charge in [-0.15, -0.1) is 0 Å². The van der Waals surface area contributed by atoms with Crippen LogP contribution in [0.15, 0.2) is 48.5 Å². The first kappa shape index (κ1) is 23.3. The van der Waals surface area contributed by atoms with Crippen LogP contribution < -0.4 is 4.74 Å². The Hall–Kier alpha value is -2.40. The van der Waals surface area contributed by atoms with E-state index in [1.807, 2.05) is 49.1 Å². The molecular weight excluding hydrogens is 391 g/mol. The molecule has 0 aromatic heterocycles. The predicted molar refractivity (Wildman–Crippen MR) is 123 cm³/mol. The smallest absolute Gasteiger partial charge is 0.225 e. The number of benzene rings is 2. The van der Waals surface area contributed by atoms with Gasteiger partial charge >= 0.3 is 0 Å². The lowest BCUT2D eigenvalue weighted by Gasteiger charge is -2.33. The third-order valence-corrected chi connectivity index (χ3v) is 6.24. The van der Waals surface area contributed by atoms with Crippen LogP contribution in [-0.2, 0) is 11.3 Å². The van der Waals surface area contributed by atoms with Crippen molar-refractivity contribution in [3.05, 3.63) is 65.5 Å². The highest BCUT2D eigenvalue weighted by atomic mass is 19.1. The number of rotatable bonds is 8. The molecule has 4 nitrogen and oxygen atoms in total. The van der Waals surface area contributed by atoms with Crippen LogP contribution in [0.1, 0.15) is 44.7 Å². The number of ether oxygens (including phenoxy) is 1. The molecule has 2 aromatic rings. The highest BCUT2D eigenvalue weighted by Crippen LogP contribution is 2.39. The average Bonchev–Trinajstić information content (AvgIpc) is 3.15. The highest BCUT2D eigenvalue weighted by Gasteiger charge is 2.38.